The van der Waals surface area contributed by atoms with E-state index in [2.05, 4.69) is 5.32 Å². The van der Waals surface area contributed by atoms with Gasteiger partial charge in [0, 0.05) is 23.9 Å². The number of nitrogens with zero attached hydrogens (tertiary/aromatic N) is 1. The Morgan fingerprint density at radius 2 is 1.60 bits per heavy atom. The third kappa shape index (κ3) is 5.43. The third-order valence-corrected chi connectivity index (χ3v) is 6.99. The molecule has 0 radical (unpaired) electrons. The van der Waals surface area contributed by atoms with Crippen LogP contribution in [0.2, 0.25) is 0 Å². The monoisotopic (exact) mass is 540 g/mol. The van der Waals surface area contributed by atoms with E-state index in [-0.39, 0.29) is 18.9 Å². The van der Waals surface area contributed by atoms with Crippen LogP contribution in [0.4, 0.5) is 9.59 Å². The summed E-state index contributed by atoms with van der Waals surface area (Å²) in [6.07, 6.45) is 0.147. The van der Waals surface area contributed by atoms with Gasteiger partial charge in [-0.2, -0.15) is 0 Å². The van der Waals surface area contributed by atoms with Crippen molar-refractivity contribution in [3.63, 3.8) is 0 Å². The van der Waals surface area contributed by atoms with E-state index in [0.717, 1.165) is 27.8 Å². The summed E-state index contributed by atoms with van der Waals surface area (Å²) in [5.41, 5.74) is 5.78. The summed E-state index contributed by atoms with van der Waals surface area (Å²) in [5.74, 6) is -1.35. The number of carboxylic acids is 1. The molecule has 40 heavy (non-hydrogen) atoms. The molecule has 0 fully saturated rings. The first-order valence-corrected chi connectivity index (χ1v) is 13.2. The van der Waals surface area contributed by atoms with Gasteiger partial charge in [-0.1, -0.05) is 60.2 Å². The first-order chi connectivity index (χ1) is 19.0. The number of amides is 1. The molecule has 0 saturated heterocycles. The molecule has 1 amide bonds. The third-order valence-electron chi connectivity index (χ3n) is 6.99. The van der Waals surface area contributed by atoms with Gasteiger partial charge in [-0.05, 0) is 67.6 Å². The van der Waals surface area contributed by atoms with E-state index in [1.807, 2.05) is 67.6 Å². The summed E-state index contributed by atoms with van der Waals surface area (Å²) in [6.45, 7) is 7.32. The number of carboxylic acid groups (broad SMARTS) is 1. The van der Waals surface area contributed by atoms with Crippen LogP contribution in [0, 0.1) is 6.92 Å². The number of aromatic nitrogens is 1. The van der Waals surface area contributed by atoms with E-state index in [1.54, 1.807) is 33.0 Å². The number of carbonyl (C=O) groups excluding carboxylic acids is 2. The van der Waals surface area contributed by atoms with Gasteiger partial charge in [0.05, 0.1) is 5.52 Å². The maximum absolute atomic E-state index is 12.9. The molecule has 1 atom stereocenters. The van der Waals surface area contributed by atoms with E-state index in [4.69, 9.17) is 9.47 Å². The van der Waals surface area contributed by atoms with Crippen LogP contribution in [0.3, 0.4) is 0 Å². The van der Waals surface area contributed by atoms with Crippen molar-refractivity contribution >= 4 is 29.1 Å². The molecule has 1 aliphatic carbocycles. The van der Waals surface area contributed by atoms with Crippen molar-refractivity contribution in [3.05, 3.63) is 95.2 Å². The molecule has 4 aromatic rings. The van der Waals surface area contributed by atoms with Gasteiger partial charge in [-0.3, -0.25) is 4.57 Å². The minimum atomic E-state index is -1.27. The number of aliphatic carboxylic acids is 1. The molecule has 1 aliphatic rings. The smallest absolute Gasteiger partial charge is 0.419 e. The van der Waals surface area contributed by atoms with Gasteiger partial charge in [-0.25, -0.2) is 14.4 Å². The Kier molecular flexibility index (Phi) is 7.10. The summed E-state index contributed by atoms with van der Waals surface area (Å²) in [5, 5.41) is 13.2. The van der Waals surface area contributed by atoms with E-state index in [9.17, 15) is 19.5 Å². The number of rotatable bonds is 6. The highest BCUT2D eigenvalue weighted by Gasteiger charge is 2.30. The van der Waals surface area contributed by atoms with Gasteiger partial charge in [0.1, 0.15) is 18.2 Å². The molecule has 0 unspecified atom stereocenters. The Morgan fingerprint density at radius 1 is 0.975 bits per heavy atom. The van der Waals surface area contributed by atoms with Crippen LogP contribution < -0.4 is 5.32 Å². The van der Waals surface area contributed by atoms with Crippen LogP contribution in [0.1, 0.15) is 48.9 Å². The molecule has 8 nitrogen and oxygen atoms in total. The number of nitrogens with one attached hydrogen (secondary N) is 1. The lowest BCUT2D eigenvalue weighted by atomic mass is 9.98. The van der Waals surface area contributed by atoms with Crippen LogP contribution >= 0.6 is 0 Å². The topological polar surface area (TPSA) is 107 Å². The molecular weight excluding hydrogens is 508 g/mol. The Hall–Kier alpha value is -4.59. The Balaban J connectivity index is 1.33. The van der Waals surface area contributed by atoms with Gasteiger partial charge in [0.2, 0.25) is 0 Å². The van der Waals surface area contributed by atoms with E-state index in [1.165, 1.54) is 4.57 Å². The Bertz CT molecular complexity index is 1570. The SMILES string of the molecule is Cc1ccc2c(c1)c(C[C@H](NC(=O)OCC1c3ccccc3-c3ccccc31)C(=O)O)cn2C(=O)OC(C)(C)C. The zero-order chi connectivity index (χ0) is 28.6. The van der Waals surface area contributed by atoms with Crippen LogP contribution in [0.5, 0.6) is 0 Å². The molecule has 206 valence electrons. The Morgan fingerprint density at radius 3 is 2.20 bits per heavy atom. The quantitative estimate of drug-likeness (QED) is 0.299. The van der Waals surface area contributed by atoms with Crippen molar-refractivity contribution in [3.8, 4) is 11.1 Å². The number of aryl methyl sites for hydroxylation is 1. The summed E-state index contributed by atoms with van der Waals surface area (Å²) >= 11 is 0. The summed E-state index contributed by atoms with van der Waals surface area (Å²) in [6, 6.07) is 20.3. The molecular formula is C32H32N2O6. The second-order valence-electron chi connectivity index (χ2n) is 11.1. The lowest BCUT2D eigenvalue weighted by molar-refractivity contribution is -0.139. The molecule has 3 aromatic carbocycles. The molecule has 1 heterocycles. The average molecular weight is 541 g/mol. The fraction of sp³-hybridized carbons (Fsp3) is 0.281. The number of carbonyl (C=O) groups is 3. The number of fused-ring (bicyclic) bond motifs is 4. The summed E-state index contributed by atoms with van der Waals surface area (Å²) in [7, 11) is 0. The van der Waals surface area contributed by atoms with Crippen molar-refractivity contribution in [2.45, 2.75) is 51.7 Å². The largest absolute Gasteiger partial charge is 0.480 e. The van der Waals surface area contributed by atoms with E-state index >= 15 is 0 Å². The first-order valence-electron chi connectivity index (χ1n) is 13.2. The number of hydrogen-bond acceptors (Lipinski definition) is 5. The molecule has 8 heteroatoms. The predicted octanol–water partition coefficient (Wildman–Crippen LogP) is 6.27. The normalized spacial score (nSPS) is 13.4. The highest BCUT2D eigenvalue weighted by atomic mass is 16.6. The molecule has 0 bridgehead atoms. The number of alkyl carbamates (subject to hydrolysis) is 1. The molecule has 1 aromatic heterocycles. The van der Waals surface area contributed by atoms with E-state index in [0.29, 0.717) is 16.5 Å². The van der Waals surface area contributed by atoms with Gasteiger partial charge >= 0.3 is 18.2 Å². The molecule has 2 N–H and O–H groups in total. The fourth-order valence-electron chi connectivity index (χ4n) is 5.24. The minimum absolute atomic E-state index is 0.0463. The average Bonchev–Trinajstić information content (AvgIpc) is 3.41. The van der Waals surface area contributed by atoms with Crippen molar-refractivity contribution < 1.29 is 29.0 Å². The maximum atomic E-state index is 12.9. The minimum Gasteiger partial charge on any atom is -0.480 e. The number of ether oxygens (including phenoxy) is 2. The standard InChI is InChI=1S/C32H32N2O6/c1-19-13-14-28-25(15-19)20(17-34(28)31(38)40-32(2,3)4)16-27(29(35)36)33-30(37)39-18-26-23-11-7-5-9-21(23)22-10-6-8-12-24(22)26/h5-15,17,26-27H,16,18H2,1-4H3,(H,33,37)(H,35,36)/t27-/m0/s1. The van der Waals surface area contributed by atoms with Gasteiger partial charge in [-0.15, -0.1) is 0 Å². The summed E-state index contributed by atoms with van der Waals surface area (Å²) in [4.78, 5) is 37.9. The second kappa shape index (κ2) is 10.5. The molecule has 0 saturated carbocycles. The number of hydrogen-bond donors (Lipinski definition) is 2. The zero-order valence-electron chi connectivity index (χ0n) is 22.9. The predicted molar refractivity (Wildman–Crippen MR) is 152 cm³/mol. The highest BCUT2D eigenvalue weighted by Crippen LogP contribution is 2.44. The maximum Gasteiger partial charge on any atom is 0.419 e. The molecule has 5 rings (SSSR count). The van der Waals surface area contributed by atoms with Gasteiger partial charge in [0.15, 0.2) is 0 Å². The van der Waals surface area contributed by atoms with Crippen molar-refractivity contribution in [2.24, 2.45) is 0 Å². The van der Waals surface area contributed by atoms with Crippen LogP contribution in [0.25, 0.3) is 22.0 Å². The van der Waals surface area contributed by atoms with Crippen molar-refractivity contribution in [1.82, 2.24) is 9.88 Å². The lowest BCUT2D eigenvalue weighted by Crippen LogP contribution is -2.42. The highest BCUT2D eigenvalue weighted by molar-refractivity contribution is 5.93. The fourth-order valence-corrected chi connectivity index (χ4v) is 5.24. The molecule has 0 aliphatic heterocycles. The van der Waals surface area contributed by atoms with Gasteiger partial charge in [0.25, 0.3) is 0 Å². The zero-order valence-corrected chi connectivity index (χ0v) is 22.9. The van der Waals surface area contributed by atoms with Crippen LogP contribution in [0.15, 0.2) is 72.9 Å². The van der Waals surface area contributed by atoms with Crippen molar-refractivity contribution in [2.75, 3.05) is 6.61 Å². The Labute approximate surface area is 232 Å². The van der Waals surface area contributed by atoms with Crippen LogP contribution in [-0.4, -0.2) is 46.1 Å². The number of benzene rings is 3. The van der Waals surface area contributed by atoms with Crippen molar-refractivity contribution in [1.29, 1.82) is 0 Å². The molecule has 0 spiro atoms. The van der Waals surface area contributed by atoms with Gasteiger partial charge < -0.3 is 19.9 Å². The second-order valence-corrected chi connectivity index (χ2v) is 11.1. The first kappa shape index (κ1) is 27.0. The van der Waals surface area contributed by atoms with E-state index < -0.39 is 29.8 Å². The summed E-state index contributed by atoms with van der Waals surface area (Å²) < 4.78 is 12.5. The lowest BCUT2D eigenvalue weighted by Gasteiger charge is -2.19. The van der Waals surface area contributed by atoms with Crippen LogP contribution in [-0.2, 0) is 20.7 Å².